The van der Waals surface area contributed by atoms with E-state index in [1.807, 2.05) is 64.1 Å². The summed E-state index contributed by atoms with van der Waals surface area (Å²) in [7, 11) is 0. The molecule has 0 fully saturated rings. The van der Waals surface area contributed by atoms with Gasteiger partial charge in [-0.3, -0.25) is 9.97 Å². The van der Waals surface area contributed by atoms with Gasteiger partial charge in [-0.1, -0.05) is 12.1 Å². The van der Waals surface area contributed by atoms with Gasteiger partial charge in [0.1, 0.15) is 0 Å². The fourth-order valence-corrected chi connectivity index (χ4v) is 1.51. The van der Waals surface area contributed by atoms with E-state index in [4.69, 9.17) is 11.1 Å². The van der Waals surface area contributed by atoms with Crippen LogP contribution in [0.25, 0.3) is 20.9 Å². The van der Waals surface area contributed by atoms with Gasteiger partial charge in [0.2, 0.25) is 0 Å². The van der Waals surface area contributed by atoms with Gasteiger partial charge in [-0.15, -0.1) is 0 Å². The maximum atomic E-state index is 7.54. The predicted molar refractivity (Wildman–Crippen MR) is 85.7 cm³/mol. The van der Waals surface area contributed by atoms with Gasteiger partial charge in [-0.25, -0.2) is 0 Å². The number of rotatable bonds is 2. The predicted octanol–water partition coefficient (Wildman–Crippen LogP) is 4.92. The van der Waals surface area contributed by atoms with E-state index in [-0.39, 0.29) is 0 Å². The summed E-state index contributed by atoms with van der Waals surface area (Å²) >= 11 is 0.547. The summed E-state index contributed by atoms with van der Waals surface area (Å²) in [6.45, 7) is 7.97. The Morgan fingerprint density at radius 2 is 1.04 bits per heavy atom. The van der Waals surface area contributed by atoms with Crippen molar-refractivity contribution in [1.82, 2.24) is 9.97 Å². The molecule has 0 aliphatic heterocycles. The SMILES string of the molecule is Cc1cccc(C)n1.Cc1cccc(C)n1.[N-]=[N+]=[N][Cu][N]=[N+]=[N-]. The number of hydrogen-bond donors (Lipinski definition) is 0. The van der Waals surface area contributed by atoms with E-state index in [9.17, 15) is 0 Å². The van der Waals surface area contributed by atoms with E-state index >= 15 is 0 Å². The molecule has 0 radical (unpaired) electrons. The van der Waals surface area contributed by atoms with Gasteiger partial charge in [-0.05, 0) is 52.0 Å². The third-order valence-corrected chi connectivity index (χ3v) is 2.50. The number of hydrogen-bond acceptors (Lipinski definition) is 4. The van der Waals surface area contributed by atoms with Gasteiger partial charge >= 0.3 is 44.5 Å². The Kier molecular flexibility index (Phi) is 11.7. The first-order valence-corrected chi connectivity index (χ1v) is 7.29. The molecule has 2 aromatic heterocycles. The van der Waals surface area contributed by atoms with Crippen LogP contribution < -0.4 is 0 Å². The summed E-state index contributed by atoms with van der Waals surface area (Å²) in [5, 5.41) is 0. The van der Waals surface area contributed by atoms with E-state index in [1.165, 1.54) is 0 Å². The first kappa shape index (κ1) is 20.4. The number of nitrogens with zero attached hydrogens (tertiary/aromatic N) is 8. The first-order valence-electron chi connectivity index (χ1n) is 6.45. The van der Waals surface area contributed by atoms with Crippen molar-refractivity contribution in [1.29, 1.82) is 0 Å². The molecule has 0 aromatic carbocycles. The van der Waals surface area contributed by atoms with Gasteiger partial charge in [0.05, 0.1) is 0 Å². The number of pyridine rings is 2. The Hall–Kier alpha value is -2.56. The molecule has 0 unspecified atom stereocenters. The second-order valence-electron chi connectivity index (χ2n) is 4.20. The van der Waals surface area contributed by atoms with Gasteiger partial charge in [-0.2, -0.15) is 0 Å². The van der Waals surface area contributed by atoms with Crippen LogP contribution in [0.4, 0.5) is 0 Å². The fourth-order valence-electron chi connectivity index (χ4n) is 1.39. The van der Waals surface area contributed by atoms with Gasteiger partial charge in [0.25, 0.3) is 0 Å². The van der Waals surface area contributed by atoms with Crippen molar-refractivity contribution < 1.29 is 15.4 Å². The van der Waals surface area contributed by atoms with E-state index < -0.39 is 0 Å². The van der Waals surface area contributed by atoms with Crippen molar-refractivity contribution in [2.75, 3.05) is 0 Å². The molecule has 0 spiro atoms. The molecule has 2 aromatic rings. The maximum absolute atomic E-state index is 7.54. The molecule has 0 bridgehead atoms. The van der Waals surface area contributed by atoms with Gasteiger partial charge in [0, 0.05) is 22.8 Å². The second kappa shape index (κ2) is 13.1. The molecular formula is C14H18CuN8. The minimum atomic E-state index is 0.547. The molecule has 2 heterocycles. The number of azide groups is 1. The van der Waals surface area contributed by atoms with Crippen LogP contribution in [0, 0.1) is 27.7 Å². The van der Waals surface area contributed by atoms with E-state index in [1.54, 1.807) is 0 Å². The Morgan fingerprint density at radius 1 is 0.739 bits per heavy atom. The molecule has 9 heteroatoms. The van der Waals surface area contributed by atoms with Crippen LogP contribution in [0.1, 0.15) is 22.8 Å². The van der Waals surface area contributed by atoms with Crippen molar-refractivity contribution >= 4 is 0 Å². The molecule has 0 atom stereocenters. The summed E-state index contributed by atoms with van der Waals surface area (Å²) in [5.74, 6) is 0. The van der Waals surface area contributed by atoms with E-state index in [0.29, 0.717) is 15.4 Å². The fraction of sp³-hybridized carbons (Fsp3) is 0.286. The molecular weight excluding hydrogens is 344 g/mol. The van der Waals surface area contributed by atoms with Crippen LogP contribution in [0.15, 0.2) is 44.7 Å². The average molecular weight is 362 g/mol. The molecule has 8 nitrogen and oxygen atoms in total. The Morgan fingerprint density at radius 3 is 1.22 bits per heavy atom. The molecule has 2 rings (SSSR count). The van der Waals surface area contributed by atoms with Crippen molar-refractivity contribution in [3.05, 3.63) is 80.1 Å². The van der Waals surface area contributed by atoms with Crippen molar-refractivity contribution in [3.8, 4) is 0 Å². The molecule has 0 aliphatic carbocycles. The van der Waals surface area contributed by atoms with Crippen LogP contribution in [0.2, 0.25) is 0 Å². The molecule has 0 aliphatic rings. The zero-order valence-electron chi connectivity index (χ0n) is 13.3. The zero-order valence-corrected chi connectivity index (χ0v) is 14.3. The molecule has 0 saturated carbocycles. The number of aromatic nitrogens is 2. The standard InChI is InChI=1S/2C7H9N.Cu.2N3/c2*1-6-4-3-5-7(2)8-6;;2*1-3-2/h2*3-5H,1-2H3;;;/q;;+2;2*-1. The van der Waals surface area contributed by atoms with Crippen molar-refractivity contribution in [3.63, 3.8) is 0 Å². The summed E-state index contributed by atoms with van der Waals surface area (Å²) in [6, 6.07) is 12.0. The van der Waals surface area contributed by atoms with Crippen molar-refractivity contribution in [2.45, 2.75) is 27.7 Å². The van der Waals surface area contributed by atoms with Gasteiger partial charge in [0.15, 0.2) is 0 Å². The van der Waals surface area contributed by atoms with Crippen molar-refractivity contribution in [2.24, 2.45) is 8.26 Å². The molecule has 0 N–H and O–H groups in total. The number of aryl methyl sites for hydroxylation is 4. The minimum absolute atomic E-state index is 0.547. The van der Waals surface area contributed by atoms with Crippen LogP contribution in [-0.2, 0) is 15.4 Å². The van der Waals surface area contributed by atoms with Crippen LogP contribution >= 0.6 is 0 Å². The third-order valence-electron chi connectivity index (χ3n) is 2.16. The molecule has 125 valence electrons. The summed E-state index contributed by atoms with van der Waals surface area (Å²) < 4.78 is 5.66. The van der Waals surface area contributed by atoms with E-state index in [2.05, 4.69) is 28.1 Å². The van der Waals surface area contributed by atoms with Crippen LogP contribution in [0.5, 0.6) is 0 Å². The van der Waals surface area contributed by atoms with Crippen LogP contribution in [-0.4, -0.2) is 9.97 Å². The summed E-state index contributed by atoms with van der Waals surface area (Å²) in [6.07, 6.45) is 0. The third kappa shape index (κ3) is 12.9. The Balaban J connectivity index is 0.000000317. The molecule has 0 amide bonds. The van der Waals surface area contributed by atoms with Crippen LogP contribution in [0.3, 0.4) is 0 Å². The Bertz CT molecular complexity index is 597. The quantitative estimate of drug-likeness (QED) is 0.326. The zero-order chi connectivity index (χ0) is 17.5. The van der Waals surface area contributed by atoms with E-state index in [0.717, 1.165) is 22.8 Å². The first-order chi connectivity index (χ1) is 11.0. The average Bonchev–Trinajstić information content (AvgIpc) is 2.48. The Labute approximate surface area is 141 Å². The summed E-state index contributed by atoms with van der Waals surface area (Å²) in [4.78, 5) is 12.9. The van der Waals surface area contributed by atoms with Gasteiger partial charge < -0.3 is 0 Å². The molecule has 23 heavy (non-hydrogen) atoms. The topological polar surface area (TPSA) is 123 Å². The normalized spacial score (nSPS) is 8.35. The second-order valence-corrected chi connectivity index (χ2v) is 4.77. The summed E-state index contributed by atoms with van der Waals surface area (Å²) in [5.41, 5.74) is 19.4. The monoisotopic (exact) mass is 361 g/mol. The molecule has 0 saturated heterocycles.